The van der Waals surface area contributed by atoms with Crippen molar-refractivity contribution in [1.29, 1.82) is 0 Å². The first-order valence-electron chi connectivity index (χ1n) is 8.03. The smallest absolute Gasteiger partial charge is 0.194 e. The molecule has 2 N–H and O–H groups in total. The van der Waals surface area contributed by atoms with Crippen LogP contribution in [0.1, 0.15) is 32.3 Å². The molecule has 1 saturated heterocycles. The molecule has 0 bridgehead atoms. The molecule has 130 valence electrons. The van der Waals surface area contributed by atoms with E-state index in [2.05, 4.69) is 24.1 Å². The summed E-state index contributed by atoms with van der Waals surface area (Å²) in [7, 11) is 1.62. The summed E-state index contributed by atoms with van der Waals surface area (Å²) in [6.07, 6.45) is 2.49. The molecule has 1 atom stereocenters. The number of phenolic OH excluding ortho intramolecular Hbond substituents is 1. The number of piperidine rings is 1. The standard InChI is InChI=1S/C17H27N3O2.HI/c1-4-18-17(20-9-5-6-13(2)12-20)19-11-14-10-15(22-3)7-8-16(14)21;/h7-8,10,13,21H,4-6,9,11-12H2,1-3H3,(H,18,19);1H. The second-order valence-electron chi connectivity index (χ2n) is 5.86. The van der Waals surface area contributed by atoms with Crippen molar-refractivity contribution in [2.75, 3.05) is 26.7 Å². The van der Waals surface area contributed by atoms with Crippen molar-refractivity contribution in [2.24, 2.45) is 10.9 Å². The van der Waals surface area contributed by atoms with Crippen LogP contribution < -0.4 is 10.1 Å². The largest absolute Gasteiger partial charge is 0.508 e. The van der Waals surface area contributed by atoms with Crippen LogP contribution >= 0.6 is 24.0 Å². The first kappa shape index (κ1) is 19.9. The van der Waals surface area contributed by atoms with Crippen LogP contribution in [-0.2, 0) is 6.54 Å². The van der Waals surface area contributed by atoms with Gasteiger partial charge >= 0.3 is 0 Å². The van der Waals surface area contributed by atoms with Gasteiger partial charge in [-0.05, 0) is 43.9 Å². The maximum absolute atomic E-state index is 9.97. The minimum absolute atomic E-state index is 0. The normalized spacial score (nSPS) is 18.3. The highest BCUT2D eigenvalue weighted by Gasteiger charge is 2.19. The number of likely N-dealkylation sites (tertiary alicyclic amines) is 1. The summed E-state index contributed by atoms with van der Waals surface area (Å²) in [6.45, 7) is 7.72. The van der Waals surface area contributed by atoms with E-state index in [4.69, 9.17) is 9.73 Å². The molecule has 0 aliphatic carbocycles. The Kier molecular flexibility index (Phi) is 8.51. The predicted molar refractivity (Wildman–Crippen MR) is 105 cm³/mol. The van der Waals surface area contributed by atoms with E-state index < -0.39 is 0 Å². The molecule has 1 aromatic carbocycles. The monoisotopic (exact) mass is 433 g/mol. The van der Waals surface area contributed by atoms with Crippen molar-refractivity contribution in [3.63, 3.8) is 0 Å². The molecule has 2 rings (SSSR count). The topological polar surface area (TPSA) is 57.1 Å². The van der Waals surface area contributed by atoms with Crippen molar-refractivity contribution in [1.82, 2.24) is 10.2 Å². The first-order chi connectivity index (χ1) is 10.6. The van der Waals surface area contributed by atoms with E-state index >= 15 is 0 Å². The zero-order chi connectivity index (χ0) is 15.9. The van der Waals surface area contributed by atoms with Crippen LogP contribution in [0.5, 0.6) is 11.5 Å². The van der Waals surface area contributed by atoms with Gasteiger partial charge in [-0.25, -0.2) is 4.99 Å². The second kappa shape index (κ2) is 9.85. The lowest BCUT2D eigenvalue weighted by Gasteiger charge is -2.33. The molecule has 1 fully saturated rings. The number of phenols is 1. The number of aliphatic imine (C=N–C) groups is 1. The minimum Gasteiger partial charge on any atom is -0.508 e. The number of methoxy groups -OCH3 is 1. The average Bonchev–Trinajstić information content (AvgIpc) is 2.52. The zero-order valence-electron chi connectivity index (χ0n) is 14.2. The van der Waals surface area contributed by atoms with E-state index in [0.29, 0.717) is 12.5 Å². The third-order valence-corrected chi connectivity index (χ3v) is 3.98. The molecule has 23 heavy (non-hydrogen) atoms. The summed E-state index contributed by atoms with van der Waals surface area (Å²) in [5, 5.41) is 13.3. The Hall–Kier alpha value is -1.18. The lowest BCUT2D eigenvalue weighted by Crippen LogP contribution is -2.46. The van der Waals surface area contributed by atoms with Gasteiger partial charge in [-0.2, -0.15) is 0 Å². The zero-order valence-corrected chi connectivity index (χ0v) is 16.5. The van der Waals surface area contributed by atoms with Crippen LogP contribution in [0.2, 0.25) is 0 Å². The maximum Gasteiger partial charge on any atom is 0.194 e. The number of ether oxygens (including phenoxy) is 1. The number of hydrogen-bond donors (Lipinski definition) is 2. The number of aromatic hydroxyl groups is 1. The summed E-state index contributed by atoms with van der Waals surface area (Å²) in [5.74, 6) is 2.62. The quantitative estimate of drug-likeness (QED) is 0.435. The summed E-state index contributed by atoms with van der Waals surface area (Å²) in [5.41, 5.74) is 0.778. The molecular formula is C17H28IN3O2. The average molecular weight is 433 g/mol. The molecule has 6 heteroatoms. The number of hydrogen-bond acceptors (Lipinski definition) is 3. The number of nitrogens with zero attached hydrogens (tertiary/aromatic N) is 2. The molecule has 1 aliphatic heterocycles. The Morgan fingerprint density at radius 3 is 2.91 bits per heavy atom. The molecule has 0 aromatic heterocycles. The molecule has 1 aliphatic rings. The van der Waals surface area contributed by atoms with Gasteiger partial charge in [0.05, 0.1) is 13.7 Å². The fourth-order valence-corrected chi connectivity index (χ4v) is 2.78. The highest BCUT2D eigenvalue weighted by atomic mass is 127. The van der Waals surface area contributed by atoms with E-state index in [1.54, 1.807) is 19.2 Å². The molecule has 0 spiro atoms. The lowest BCUT2D eigenvalue weighted by molar-refractivity contribution is 0.266. The van der Waals surface area contributed by atoms with Crippen molar-refractivity contribution in [3.05, 3.63) is 23.8 Å². The van der Waals surface area contributed by atoms with Crippen molar-refractivity contribution in [3.8, 4) is 11.5 Å². The van der Waals surface area contributed by atoms with E-state index in [1.165, 1.54) is 12.8 Å². The molecule has 1 aromatic rings. The van der Waals surface area contributed by atoms with E-state index in [0.717, 1.165) is 36.9 Å². The van der Waals surface area contributed by atoms with Crippen molar-refractivity contribution >= 4 is 29.9 Å². The summed E-state index contributed by atoms with van der Waals surface area (Å²) in [6, 6.07) is 5.24. The number of guanidine groups is 1. The lowest BCUT2D eigenvalue weighted by atomic mass is 10.0. The van der Waals surface area contributed by atoms with Crippen LogP contribution in [0.3, 0.4) is 0 Å². The maximum atomic E-state index is 9.97. The Morgan fingerprint density at radius 2 is 2.26 bits per heavy atom. The molecule has 5 nitrogen and oxygen atoms in total. The van der Waals surface area contributed by atoms with Crippen LogP contribution in [0.25, 0.3) is 0 Å². The van der Waals surface area contributed by atoms with Crippen LogP contribution in [-0.4, -0.2) is 42.7 Å². The number of rotatable bonds is 4. The van der Waals surface area contributed by atoms with E-state index in [1.807, 2.05) is 6.07 Å². The van der Waals surface area contributed by atoms with Crippen LogP contribution in [0.15, 0.2) is 23.2 Å². The van der Waals surface area contributed by atoms with Gasteiger partial charge in [0.1, 0.15) is 11.5 Å². The van der Waals surface area contributed by atoms with Gasteiger partial charge in [-0.15, -0.1) is 24.0 Å². The second-order valence-corrected chi connectivity index (χ2v) is 5.86. The summed E-state index contributed by atoms with van der Waals surface area (Å²) < 4.78 is 5.21. The van der Waals surface area contributed by atoms with Gasteiger partial charge in [0, 0.05) is 25.2 Å². The van der Waals surface area contributed by atoms with Crippen molar-refractivity contribution in [2.45, 2.75) is 33.2 Å². The minimum atomic E-state index is 0. The predicted octanol–water partition coefficient (Wildman–Crippen LogP) is 3.22. The van der Waals surface area contributed by atoms with Crippen LogP contribution in [0.4, 0.5) is 0 Å². The third kappa shape index (κ3) is 5.75. The van der Waals surface area contributed by atoms with Crippen molar-refractivity contribution < 1.29 is 9.84 Å². The van der Waals surface area contributed by atoms with Crippen LogP contribution in [0, 0.1) is 5.92 Å². The Bertz CT molecular complexity index is 523. The number of nitrogens with one attached hydrogen (secondary N) is 1. The Morgan fingerprint density at radius 1 is 1.48 bits per heavy atom. The van der Waals surface area contributed by atoms with Gasteiger partial charge < -0.3 is 20.1 Å². The first-order valence-corrected chi connectivity index (χ1v) is 8.03. The highest BCUT2D eigenvalue weighted by molar-refractivity contribution is 14.0. The van der Waals surface area contributed by atoms with Gasteiger partial charge in [0.15, 0.2) is 5.96 Å². The SMILES string of the molecule is CCNC(=NCc1cc(OC)ccc1O)N1CCCC(C)C1.I. The highest BCUT2D eigenvalue weighted by Crippen LogP contribution is 2.24. The number of benzene rings is 1. The Labute approximate surface area is 156 Å². The molecule has 0 amide bonds. The van der Waals surface area contributed by atoms with E-state index in [9.17, 15) is 5.11 Å². The molecular weight excluding hydrogens is 405 g/mol. The molecule has 0 radical (unpaired) electrons. The summed E-state index contributed by atoms with van der Waals surface area (Å²) in [4.78, 5) is 7.01. The van der Waals surface area contributed by atoms with Gasteiger partial charge in [0.25, 0.3) is 0 Å². The molecule has 1 heterocycles. The molecule has 0 saturated carbocycles. The third-order valence-electron chi connectivity index (χ3n) is 3.98. The van der Waals surface area contributed by atoms with Gasteiger partial charge in [-0.1, -0.05) is 6.92 Å². The number of halogens is 1. The van der Waals surface area contributed by atoms with E-state index in [-0.39, 0.29) is 29.7 Å². The fourth-order valence-electron chi connectivity index (χ4n) is 2.78. The Balaban J connectivity index is 0.00000264. The summed E-state index contributed by atoms with van der Waals surface area (Å²) >= 11 is 0. The van der Waals surface area contributed by atoms with Gasteiger partial charge in [0.2, 0.25) is 0 Å². The van der Waals surface area contributed by atoms with Gasteiger partial charge in [-0.3, -0.25) is 0 Å². The fraction of sp³-hybridized carbons (Fsp3) is 0.588. The molecule has 1 unspecified atom stereocenters.